The molecule has 21 heavy (non-hydrogen) atoms. The van der Waals surface area contributed by atoms with E-state index in [4.69, 9.17) is 0 Å². The third kappa shape index (κ3) is 3.20. The summed E-state index contributed by atoms with van der Waals surface area (Å²) in [7, 11) is -1.45. The van der Waals surface area contributed by atoms with Gasteiger partial charge in [-0.2, -0.15) is 0 Å². The molecule has 0 aliphatic heterocycles. The summed E-state index contributed by atoms with van der Waals surface area (Å²) in [6, 6.07) is 28.1. The van der Waals surface area contributed by atoms with E-state index in [0.29, 0.717) is 0 Å². The van der Waals surface area contributed by atoms with Crippen LogP contribution in [0.3, 0.4) is 0 Å². The Kier molecular flexibility index (Phi) is 4.73. The molecule has 0 N–H and O–H groups in total. The Hall–Kier alpha value is -1.16. The minimum Gasteiger partial charge on any atom is -0.0625 e. The molecule has 0 nitrogen and oxygen atoms in total. The zero-order chi connectivity index (χ0) is 14.7. The lowest BCUT2D eigenvalue weighted by Gasteiger charge is -2.19. The largest absolute Gasteiger partial charge is 0.134 e. The van der Waals surface area contributed by atoms with Crippen molar-refractivity contribution in [3.05, 3.63) is 87.8 Å². The summed E-state index contributed by atoms with van der Waals surface area (Å²) < 4.78 is 2.29. The van der Waals surface area contributed by atoms with E-state index in [-0.39, 0.29) is 0 Å². The Bertz CT molecular complexity index is 687. The van der Waals surface area contributed by atoms with Crippen molar-refractivity contribution < 1.29 is 0 Å². The monoisotopic (exact) mass is 416 g/mol. The van der Waals surface area contributed by atoms with E-state index in [1.165, 1.54) is 20.0 Å². The van der Waals surface area contributed by atoms with E-state index in [9.17, 15) is 0 Å². The van der Waals surface area contributed by atoms with Crippen LogP contribution in [0.15, 0.2) is 87.8 Å². The average molecular weight is 418 g/mol. The quantitative estimate of drug-likeness (QED) is 0.452. The van der Waals surface area contributed by atoms with Crippen molar-refractivity contribution in [1.29, 1.82) is 0 Å². The number of halogens is 2. The summed E-state index contributed by atoms with van der Waals surface area (Å²) in [5.74, 6) is 0. The first-order chi connectivity index (χ1) is 10.3. The predicted octanol–water partition coefficient (Wildman–Crippen LogP) is 3.46. The van der Waals surface area contributed by atoms with E-state index in [1.54, 1.807) is 0 Å². The maximum absolute atomic E-state index is 3.76. The molecule has 0 saturated carbocycles. The van der Waals surface area contributed by atoms with E-state index < -0.39 is 8.80 Å². The molecule has 0 heterocycles. The molecule has 0 radical (unpaired) electrons. The summed E-state index contributed by atoms with van der Waals surface area (Å²) in [4.78, 5) is 0. The van der Waals surface area contributed by atoms with Gasteiger partial charge in [0.25, 0.3) is 0 Å². The van der Waals surface area contributed by atoms with Gasteiger partial charge in [0.1, 0.15) is 8.80 Å². The fourth-order valence-corrected chi connectivity index (χ4v) is 7.16. The second-order valence-electron chi connectivity index (χ2n) is 4.90. The van der Waals surface area contributed by atoms with Crippen molar-refractivity contribution in [1.82, 2.24) is 0 Å². The number of hydrogen-bond donors (Lipinski definition) is 0. The van der Waals surface area contributed by atoms with Gasteiger partial charge in [0, 0.05) is 8.95 Å². The molecule has 0 fully saturated rings. The molecule has 0 aliphatic carbocycles. The number of hydrogen-bond acceptors (Lipinski definition) is 0. The Morgan fingerprint density at radius 1 is 0.571 bits per heavy atom. The molecule has 0 spiro atoms. The number of rotatable bonds is 3. The van der Waals surface area contributed by atoms with E-state index in [1.807, 2.05) is 0 Å². The van der Waals surface area contributed by atoms with Gasteiger partial charge in [-0.05, 0) is 43.1 Å². The number of benzene rings is 3. The van der Waals surface area contributed by atoms with Gasteiger partial charge < -0.3 is 0 Å². The Morgan fingerprint density at radius 3 is 1.62 bits per heavy atom. The van der Waals surface area contributed by atoms with E-state index in [0.717, 1.165) is 4.47 Å². The lowest BCUT2D eigenvalue weighted by molar-refractivity contribution is 1.63. The second-order valence-corrected chi connectivity index (χ2v) is 9.37. The molecule has 0 aliphatic rings. The second kappa shape index (κ2) is 6.73. The molecule has 0 aromatic heterocycles. The zero-order valence-electron chi connectivity index (χ0n) is 11.3. The standard InChI is InChI=1S/C18H14Br2Si/c19-16-12-7-13-17(18(16)20)21(14-8-3-1-4-9-14)15-10-5-2-6-11-15/h1-13,21H. The maximum Gasteiger partial charge on any atom is 0.134 e. The molecule has 104 valence electrons. The van der Waals surface area contributed by atoms with Gasteiger partial charge in [0.2, 0.25) is 0 Å². The first-order valence-electron chi connectivity index (χ1n) is 6.81. The minimum absolute atomic E-state index is 1.12. The van der Waals surface area contributed by atoms with Gasteiger partial charge >= 0.3 is 0 Å². The van der Waals surface area contributed by atoms with Gasteiger partial charge in [-0.15, -0.1) is 0 Å². The van der Waals surface area contributed by atoms with Gasteiger partial charge in [-0.1, -0.05) is 83.2 Å². The summed E-state index contributed by atoms with van der Waals surface area (Å²) in [5.41, 5.74) is 0. The molecule has 0 amide bonds. The van der Waals surface area contributed by atoms with E-state index in [2.05, 4.69) is 111 Å². The smallest absolute Gasteiger partial charge is 0.0625 e. The SMILES string of the molecule is Brc1cccc([SiH](c2ccccc2)c2ccccc2)c1Br. The van der Waals surface area contributed by atoms with Crippen LogP contribution in [-0.4, -0.2) is 8.80 Å². The Balaban J connectivity index is 2.20. The van der Waals surface area contributed by atoms with E-state index >= 15 is 0 Å². The van der Waals surface area contributed by atoms with Crippen LogP contribution in [0, 0.1) is 0 Å². The molecule has 0 bridgehead atoms. The van der Waals surface area contributed by atoms with Crippen LogP contribution in [-0.2, 0) is 0 Å². The molecule has 3 rings (SSSR count). The lowest BCUT2D eigenvalue weighted by atomic mass is 10.3. The van der Waals surface area contributed by atoms with Crippen LogP contribution in [0.1, 0.15) is 0 Å². The zero-order valence-corrected chi connectivity index (χ0v) is 15.7. The van der Waals surface area contributed by atoms with Crippen molar-refractivity contribution in [3.8, 4) is 0 Å². The average Bonchev–Trinajstić information content (AvgIpc) is 2.54. The molecule has 0 atom stereocenters. The van der Waals surface area contributed by atoms with Crippen molar-refractivity contribution >= 4 is 56.2 Å². The molecule has 3 aromatic rings. The Labute approximate surface area is 143 Å². The summed E-state index contributed by atoms with van der Waals surface area (Å²) in [5, 5.41) is 4.27. The molecule has 0 unspecified atom stereocenters. The fourth-order valence-electron chi connectivity index (χ4n) is 2.59. The van der Waals surface area contributed by atoms with Crippen LogP contribution in [0.2, 0.25) is 0 Å². The summed E-state index contributed by atoms with van der Waals surface area (Å²) in [6.07, 6.45) is 0. The van der Waals surface area contributed by atoms with Gasteiger partial charge in [0.15, 0.2) is 0 Å². The summed E-state index contributed by atoms with van der Waals surface area (Å²) in [6.45, 7) is 0. The highest BCUT2D eigenvalue weighted by molar-refractivity contribution is 9.13. The van der Waals surface area contributed by atoms with Crippen molar-refractivity contribution in [2.45, 2.75) is 0 Å². The van der Waals surface area contributed by atoms with Crippen LogP contribution in [0.25, 0.3) is 0 Å². The predicted molar refractivity (Wildman–Crippen MR) is 101 cm³/mol. The first-order valence-corrected chi connectivity index (χ1v) is 10.1. The van der Waals surface area contributed by atoms with Gasteiger partial charge in [-0.25, -0.2) is 0 Å². The topological polar surface area (TPSA) is 0 Å². The Morgan fingerprint density at radius 2 is 1.10 bits per heavy atom. The normalized spacial score (nSPS) is 10.8. The van der Waals surface area contributed by atoms with Crippen molar-refractivity contribution in [3.63, 3.8) is 0 Å². The molecule has 3 aromatic carbocycles. The highest BCUT2D eigenvalue weighted by atomic mass is 79.9. The van der Waals surface area contributed by atoms with Gasteiger partial charge in [0.05, 0.1) is 0 Å². The minimum atomic E-state index is -1.45. The first kappa shape index (κ1) is 14.8. The van der Waals surface area contributed by atoms with Crippen LogP contribution in [0.5, 0.6) is 0 Å². The van der Waals surface area contributed by atoms with Crippen molar-refractivity contribution in [2.24, 2.45) is 0 Å². The fraction of sp³-hybridized carbons (Fsp3) is 0. The highest BCUT2D eigenvalue weighted by Gasteiger charge is 2.21. The highest BCUT2D eigenvalue weighted by Crippen LogP contribution is 2.20. The third-order valence-corrected chi connectivity index (χ3v) is 9.27. The lowest BCUT2D eigenvalue weighted by Crippen LogP contribution is -2.52. The molecule has 3 heteroatoms. The van der Waals surface area contributed by atoms with Crippen LogP contribution in [0.4, 0.5) is 0 Å². The maximum atomic E-state index is 3.76. The molecule has 0 saturated heterocycles. The van der Waals surface area contributed by atoms with Crippen LogP contribution >= 0.6 is 31.9 Å². The van der Waals surface area contributed by atoms with Gasteiger partial charge in [-0.3, -0.25) is 0 Å². The summed E-state index contributed by atoms with van der Waals surface area (Å²) >= 11 is 7.40. The molecular formula is C18H14Br2Si. The third-order valence-electron chi connectivity index (χ3n) is 3.56. The van der Waals surface area contributed by atoms with Crippen molar-refractivity contribution in [2.75, 3.05) is 0 Å². The molecular weight excluding hydrogens is 404 g/mol. The van der Waals surface area contributed by atoms with Crippen LogP contribution < -0.4 is 15.6 Å².